The van der Waals surface area contributed by atoms with Crippen LogP contribution in [0.5, 0.6) is 0 Å². The van der Waals surface area contributed by atoms with Crippen LogP contribution in [0, 0.1) is 20.8 Å². The molecular formula is C21H24N4O2. The first kappa shape index (κ1) is 17.5. The molecule has 1 amide bonds. The summed E-state index contributed by atoms with van der Waals surface area (Å²) in [6.07, 6.45) is 3.70. The zero-order valence-corrected chi connectivity index (χ0v) is 16.2. The summed E-state index contributed by atoms with van der Waals surface area (Å²) in [4.78, 5) is 15.0. The highest BCUT2D eigenvalue weighted by molar-refractivity contribution is 5.93. The molecule has 1 aliphatic rings. The van der Waals surface area contributed by atoms with Crippen LogP contribution in [0.15, 0.2) is 35.0 Å². The minimum absolute atomic E-state index is 0.0766. The fourth-order valence-electron chi connectivity index (χ4n) is 3.72. The Balaban J connectivity index is 1.60. The number of carbonyl (C=O) groups excluding carboxylic acids is 1. The molecule has 140 valence electrons. The molecule has 1 unspecified atom stereocenters. The lowest BCUT2D eigenvalue weighted by Gasteiger charge is -2.24. The first-order valence-corrected chi connectivity index (χ1v) is 9.29. The average molecular weight is 364 g/mol. The molecule has 0 aliphatic carbocycles. The van der Waals surface area contributed by atoms with Gasteiger partial charge in [-0.3, -0.25) is 9.48 Å². The number of benzene rings is 1. The summed E-state index contributed by atoms with van der Waals surface area (Å²) < 4.78 is 7.22. The largest absolute Gasteiger partial charge is 0.355 e. The molecule has 0 spiro atoms. The van der Waals surface area contributed by atoms with Crippen LogP contribution in [0.2, 0.25) is 0 Å². The van der Waals surface area contributed by atoms with E-state index in [-0.39, 0.29) is 11.9 Å². The molecule has 1 atom stereocenters. The number of carbonyl (C=O) groups is 1. The van der Waals surface area contributed by atoms with Crippen molar-refractivity contribution in [3.05, 3.63) is 58.5 Å². The van der Waals surface area contributed by atoms with E-state index in [2.05, 4.69) is 42.3 Å². The highest BCUT2D eigenvalue weighted by Gasteiger charge is 2.32. The van der Waals surface area contributed by atoms with E-state index in [1.165, 1.54) is 16.7 Å². The number of nitrogens with zero attached hydrogens (tertiary/aromatic N) is 4. The maximum atomic E-state index is 13.1. The van der Waals surface area contributed by atoms with Crippen LogP contribution < -0.4 is 0 Å². The molecule has 3 aromatic rings. The number of aryl methyl sites for hydroxylation is 3. The molecule has 0 saturated carbocycles. The molecule has 2 aromatic heterocycles. The number of rotatable bonds is 3. The van der Waals surface area contributed by atoms with Gasteiger partial charge in [-0.25, -0.2) is 0 Å². The summed E-state index contributed by atoms with van der Waals surface area (Å²) in [5, 5.41) is 8.27. The molecule has 6 heteroatoms. The topological polar surface area (TPSA) is 64.2 Å². The Morgan fingerprint density at radius 3 is 2.70 bits per heavy atom. The third kappa shape index (κ3) is 3.05. The number of likely N-dealkylation sites (tertiary alicyclic amines) is 1. The zero-order chi connectivity index (χ0) is 19.1. The molecule has 0 N–H and O–H groups in total. The van der Waals surface area contributed by atoms with Crippen molar-refractivity contribution >= 4 is 5.91 Å². The molecule has 1 saturated heterocycles. The van der Waals surface area contributed by atoms with Gasteiger partial charge >= 0.3 is 0 Å². The number of hydrogen-bond donors (Lipinski definition) is 0. The van der Waals surface area contributed by atoms with Gasteiger partial charge < -0.3 is 9.42 Å². The number of aromatic nitrogens is 3. The van der Waals surface area contributed by atoms with Gasteiger partial charge in [-0.15, -0.1) is 0 Å². The molecule has 4 rings (SSSR count). The van der Waals surface area contributed by atoms with Gasteiger partial charge in [-0.2, -0.15) is 5.10 Å². The van der Waals surface area contributed by atoms with Gasteiger partial charge in [0.15, 0.2) is 11.5 Å². The quantitative estimate of drug-likeness (QED) is 0.705. The molecule has 27 heavy (non-hydrogen) atoms. The van der Waals surface area contributed by atoms with Crippen molar-refractivity contribution in [1.82, 2.24) is 19.8 Å². The van der Waals surface area contributed by atoms with Crippen LogP contribution in [0.1, 0.15) is 51.8 Å². The van der Waals surface area contributed by atoms with Crippen LogP contribution in [-0.4, -0.2) is 32.3 Å². The first-order valence-electron chi connectivity index (χ1n) is 9.29. The van der Waals surface area contributed by atoms with Crippen molar-refractivity contribution in [2.45, 2.75) is 39.7 Å². The lowest BCUT2D eigenvalue weighted by Crippen LogP contribution is -2.30. The SMILES string of the molecule is Cc1ccc(C2CCCN2C(=O)c2cc(-c3cnn(C)c3C)on2)cc1C. The van der Waals surface area contributed by atoms with Crippen molar-refractivity contribution in [2.75, 3.05) is 6.54 Å². The van der Waals surface area contributed by atoms with E-state index >= 15 is 0 Å². The summed E-state index contributed by atoms with van der Waals surface area (Å²) in [5.41, 5.74) is 5.89. The zero-order valence-electron chi connectivity index (χ0n) is 16.2. The Bertz CT molecular complexity index is 1000. The summed E-state index contributed by atoms with van der Waals surface area (Å²) in [6, 6.07) is 8.27. The minimum Gasteiger partial charge on any atom is -0.355 e. The Labute approximate surface area is 158 Å². The first-order chi connectivity index (χ1) is 13.0. The van der Waals surface area contributed by atoms with Gasteiger partial charge in [0.25, 0.3) is 5.91 Å². The second kappa shape index (κ2) is 6.68. The van der Waals surface area contributed by atoms with E-state index in [1.807, 2.05) is 18.9 Å². The molecule has 1 aromatic carbocycles. The summed E-state index contributed by atoms with van der Waals surface area (Å²) in [7, 11) is 1.87. The lowest BCUT2D eigenvalue weighted by atomic mass is 9.99. The second-order valence-electron chi connectivity index (χ2n) is 7.34. The normalized spacial score (nSPS) is 16.9. The van der Waals surface area contributed by atoms with Crippen LogP contribution in [0.4, 0.5) is 0 Å². The lowest BCUT2D eigenvalue weighted by molar-refractivity contribution is 0.0725. The Hall–Kier alpha value is -2.89. The van der Waals surface area contributed by atoms with Gasteiger partial charge in [-0.1, -0.05) is 23.4 Å². The Morgan fingerprint density at radius 2 is 2.00 bits per heavy atom. The fraction of sp³-hybridized carbons (Fsp3) is 0.381. The van der Waals surface area contributed by atoms with Gasteiger partial charge in [0.05, 0.1) is 17.8 Å². The summed E-state index contributed by atoms with van der Waals surface area (Å²) >= 11 is 0. The maximum Gasteiger partial charge on any atom is 0.276 e. The van der Waals surface area contributed by atoms with E-state index in [1.54, 1.807) is 16.9 Å². The number of hydrogen-bond acceptors (Lipinski definition) is 4. The van der Waals surface area contributed by atoms with Gasteiger partial charge in [0.2, 0.25) is 0 Å². The van der Waals surface area contributed by atoms with E-state index < -0.39 is 0 Å². The molecular weight excluding hydrogens is 340 g/mol. The average Bonchev–Trinajstić information content (AvgIpc) is 3.38. The molecule has 1 fully saturated rings. The third-order valence-corrected chi connectivity index (χ3v) is 5.66. The highest BCUT2D eigenvalue weighted by atomic mass is 16.5. The summed E-state index contributed by atoms with van der Waals surface area (Å²) in [6.45, 7) is 6.92. The third-order valence-electron chi connectivity index (χ3n) is 5.66. The van der Waals surface area contributed by atoms with Crippen LogP contribution in [-0.2, 0) is 7.05 Å². The molecule has 6 nitrogen and oxygen atoms in total. The van der Waals surface area contributed by atoms with Crippen LogP contribution in [0.3, 0.4) is 0 Å². The minimum atomic E-state index is -0.0766. The predicted molar refractivity (Wildman–Crippen MR) is 102 cm³/mol. The number of amides is 1. The molecule has 0 radical (unpaired) electrons. The van der Waals surface area contributed by atoms with Crippen molar-refractivity contribution < 1.29 is 9.32 Å². The maximum absolute atomic E-state index is 13.1. The van der Waals surface area contributed by atoms with Gasteiger partial charge in [0.1, 0.15) is 0 Å². The monoisotopic (exact) mass is 364 g/mol. The molecule has 3 heterocycles. The van der Waals surface area contributed by atoms with E-state index in [0.717, 1.165) is 30.6 Å². The molecule has 1 aliphatic heterocycles. The van der Waals surface area contributed by atoms with Crippen LogP contribution in [0.25, 0.3) is 11.3 Å². The summed E-state index contributed by atoms with van der Waals surface area (Å²) in [5.74, 6) is 0.498. The second-order valence-corrected chi connectivity index (χ2v) is 7.34. The smallest absolute Gasteiger partial charge is 0.276 e. The van der Waals surface area contributed by atoms with Gasteiger partial charge in [-0.05, 0) is 50.3 Å². The fourth-order valence-corrected chi connectivity index (χ4v) is 3.72. The predicted octanol–water partition coefficient (Wildman–Crippen LogP) is 3.98. The van der Waals surface area contributed by atoms with Crippen molar-refractivity contribution in [2.24, 2.45) is 7.05 Å². The van der Waals surface area contributed by atoms with Crippen molar-refractivity contribution in [1.29, 1.82) is 0 Å². The Morgan fingerprint density at radius 1 is 1.19 bits per heavy atom. The molecule has 0 bridgehead atoms. The van der Waals surface area contributed by atoms with E-state index in [0.29, 0.717) is 11.5 Å². The highest BCUT2D eigenvalue weighted by Crippen LogP contribution is 2.34. The van der Waals surface area contributed by atoms with Gasteiger partial charge in [0, 0.05) is 25.4 Å². The van der Waals surface area contributed by atoms with E-state index in [9.17, 15) is 4.79 Å². The van der Waals surface area contributed by atoms with E-state index in [4.69, 9.17) is 4.52 Å². The standard InChI is InChI=1S/C21H24N4O2/c1-13-7-8-16(10-14(13)2)19-6-5-9-25(19)21(26)18-11-20(27-23-18)17-12-22-24(4)15(17)3/h7-8,10-12,19H,5-6,9H2,1-4H3. The Kier molecular flexibility index (Phi) is 4.34. The van der Waals surface area contributed by atoms with Crippen molar-refractivity contribution in [3.8, 4) is 11.3 Å². The van der Waals surface area contributed by atoms with Crippen molar-refractivity contribution in [3.63, 3.8) is 0 Å². The van der Waals surface area contributed by atoms with Crippen LogP contribution >= 0.6 is 0 Å².